The summed E-state index contributed by atoms with van der Waals surface area (Å²) in [5.74, 6) is -0.119. The summed E-state index contributed by atoms with van der Waals surface area (Å²) in [6.07, 6.45) is 0. The van der Waals surface area contributed by atoms with Crippen LogP contribution in [0.2, 0.25) is 0 Å². The smallest absolute Gasteiger partial charge is 0.194 e. The third-order valence-electron chi connectivity index (χ3n) is 2.73. The lowest BCUT2D eigenvalue weighted by Crippen LogP contribution is -2.05. The molecule has 19 heavy (non-hydrogen) atoms. The van der Waals surface area contributed by atoms with Gasteiger partial charge in [-0.3, -0.25) is 4.79 Å². The molecular formula is C14H12Br2N2O. The van der Waals surface area contributed by atoms with Crippen LogP contribution in [0.1, 0.15) is 21.5 Å². The first-order chi connectivity index (χ1) is 8.88. The third-order valence-corrected chi connectivity index (χ3v) is 4.24. The Hall–Kier alpha value is -1.33. The number of benzene rings is 2. The van der Waals surface area contributed by atoms with Crippen molar-refractivity contribution < 1.29 is 4.79 Å². The van der Waals surface area contributed by atoms with E-state index >= 15 is 0 Å². The average Bonchev–Trinajstić information content (AvgIpc) is 2.31. The zero-order chi connectivity index (χ0) is 14.2. The number of nitrogen functional groups attached to an aromatic ring is 2. The van der Waals surface area contributed by atoms with Crippen LogP contribution in [0.4, 0.5) is 11.4 Å². The lowest BCUT2D eigenvalue weighted by atomic mass is 10.0. The summed E-state index contributed by atoms with van der Waals surface area (Å²) in [6, 6.07) is 8.56. The van der Waals surface area contributed by atoms with Gasteiger partial charge in [-0.1, -0.05) is 31.9 Å². The lowest BCUT2D eigenvalue weighted by molar-refractivity contribution is 0.103. The van der Waals surface area contributed by atoms with E-state index in [9.17, 15) is 4.79 Å². The molecule has 98 valence electrons. The van der Waals surface area contributed by atoms with Crippen molar-refractivity contribution in [2.24, 2.45) is 0 Å². The van der Waals surface area contributed by atoms with Crippen molar-refractivity contribution in [2.45, 2.75) is 6.92 Å². The Morgan fingerprint density at radius 2 is 1.53 bits per heavy atom. The molecule has 4 N–H and O–H groups in total. The van der Waals surface area contributed by atoms with Crippen LogP contribution in [0, 0.1) is 6.92 Å². The first-order valence-corrected chi connectivity index (χ1v) is 7.13. The van der Waals surface area contributed by atoms with Crippen molar-refractivity contribution in [3.8, 4) is 0 Å². The van der Waals surface area contributed by atoms with E-state index in [1.54, 1.807) is 24.3 Å². The number of ketones is 1. The summed E-state index contributed by atoms with van der Waals surface area (Å²) in [5, 5.41) is 0. The van der Waals surface area contributed by atoms with Gasteiger partial charge in [0.25, 0.3) is 0 Å². The van der Waals surface area contributed by atoms with Crippen molar-refractivity contribution >= 4 is 49.0 Å². The first kappa shape index (κ1) is 14.1. The second-order valence-electron chi connectivity index (χ2n) is 4.30. The summed E-state index contributed by atoms with van der Waals surface area (Å²) >= 11 is 6.84. The highest BCUT2D eigenvalue weighted by Gasteiger charge is 2.15. The quantitative estimate of drug-likeness (QED) is 0.610. The van der Waals surface area contributed by atoms with Crippen molar-refractivity contribution in [1.29, 1.82) is 0 Å². The number of rotatable bonds is 2. The fourth-order valence-corrected chi connectivity index (χ4v) is 2.76. The van der Waals surface area contributed by atoms with Gasteiger partial charge in [-0.2, -0.15) is 0 Å². The van der Waals surface area contributed by atoms with Crippen LogP contribution in [0.3, 0.4) is 0 Å². The molecular weight excluding hydrogens is 372 g/mol. The number of aryl methyl sites for hydroxylation is 1. The highest BCUT2D eigenvalue weighted by molar-refractivity contribution is 9.11. The maximum atomic E-state index is 12.5. The molecule has 0 spiro atoms. The Kier molecular flexibility index (Phi) is 3.96. The summed E-state index contributed by atoms with van der Waals surface area (Å²) in [4.78, 5) is 12.5. The third kappa shape index (κ3) is 2.98. The van der Waals surface area contributed by atoms with Crippen molar-refractivity contribution in [3.63, 3.8) is 0 Å². The largest absolute Gasteiger partial charge is 0.399 e. The highest BCUT2D eigenvalue weighted by Crippen LogP contribution is 2.28. The number of carbonyl (C=O) groups is 1. The molecule has 2 rings (SSSR count). The van der Waals surface area contributed by atoms with Crippen LogP contribution in [-0.2, 0) is 0 Å². The zero-order valence-corrected chi connectivity index (χ0v) is 13.4. The summed E-state index contributed by atoms with van der Waals surface area (Å²) < 4.78 is 1.63. The molecule has 3 nitrogen and oxygen atoms in total. The number of hydrogen-bond acceptors (Lipinski definition) is 3. The van der Waals surface area contributed by atoms with E-state index in [-0.39, 0.29) is 5.78 Å². The second kappa shape index (κ2) is 5.35. The highest BCUT2D eigenvalue weighted by atomic mass is 79.9. The van der Waals surface area contributed by atoms with E-state index in [4.69, 9.17) is 11.5 Å². The Balaban J connectivity index is 2.53. The van der Waals surface area contributed by atoms with E-state index < -0.39 is 0 Å². The van der Waals surface area contributed by atoms with Crippen LogP contribution in [0.15, 0.2) is 39.3 Å². The molecule has 0 heterocycles. The Morgan fingerprint density at radius 3 is 2.11 bits per heavy atom. The molecule has 0 unspecified atom stereocenters. The Bertz CT molecular complexity index is 648. The molecule has 0 aromatic heterocycles. The van der Waals surface area contributed by atoms with Gasteiger partial charge in [-0.05, 0) is 42.8 Å². The van der Waals surface area contributed by atoms with Crippen molar-refractivity contribution in [2.75, 3.05) is 11.5 Å². The fourth-order valence-electron chi connectivity index (χ4n) is 1.78. The number of nitrogens with two attached hydrogens (primary N) is 2. The molecule has 0 radical (unpaired) electrons. The summed E-state index contributed by atoms with van der Waals surface area (Å²) in [6.45, 7) is 1.96. The normalized spacial score (nSPS) is 10.5. The monoisotopic (exact) mass is 382 g/mol. The summed E-state index contributed by atoms with van der Waals surface area (Å²) in [5.41, 5.74) is 14.5. The van der Waals surface area contributed by atoms with Gasteiger partial charge < -0.3 is 11.5 Å². The van der Waals surface area contributed by atoms with Gasteiger partial charge in [0.05, 0.1) is 0 Å². The van der Waals surface area contributed by atoms with Gasteiger partial charge in [-0.25, -0.2) is 0 Å². The van der Waals surface area contributed by atoms with Gasteiger partial charge in [0.2, 0.25) is 0 Å². The maximum absolute atomic E-state index is 12.5. The molecule has 2 aromatic rings. The standard InChI is InChI=1S/C14H12Br2N2O/c1-7-2-13(16)11(6-12(7)15)14(19)8-3-9(17)5-10(18)4-8/h2-6H,17-18H2,1H3. The van der Waals surface area contributed by atoms with Gasteiger partial charge in [0, 0.05) is 31.4 Å². The van der Waals surface area contributed by atoms with E-state index in [0.717, 1.165) is 14.5 Å². The van der Waals surface area contributed by atoms with E-state index in [2.05, 4.69) is 31.9 Å². The minimum absolute atomic E-state index is 0.119. The van der Waals surface area contributed by atoms with E-state index in [1.807, 2.05) is 13.0 Å². The number of carbonyl (C=O) groups excluding carboxylic acids is 1. The van der Waals surface area contributed by atoms with Crippen molar-refractivity contribution in [1.82, 2.24) is 0 Å². The topological polar surface area (TPSA) is 69.1 Å². The Morgan fingerprint density at radius 1 is 0.947 bits per heavy atom. The molecule has 0 saturated heterocycles. The molecule has 2 aromatic carbocycles. The first-order valence-electron chi connectivity index (χ1n) is 5.55. The van der Waals surface area contributed by atoms with Crippen LogP contribution in [0.5, 0.6) is 0 Å². The molecule has 0 bridgehead atoms. The Labute approximate surface area is 128 Å². The van der Waals surface area contributed by atoms with Crippen LogP contribution in [-0.4, -0.2) is 5.78 Å². The predicted molar refractivity (Wildman–Crippen MR) is 85.3 cm³/mol. The molecule has 0 aliphatic carbocycles. The molecule has 5 heteroatoms. The summed E-state index contributed by atoms with van der Waals surface area (Å²) in [7, 11) is 0. The average molecular weight is 384 g/mol. The zero-order valence-electron chi connectivity index (χ0n) is 10.2. The number of anilines is 2. The molecule has 0 aliphatic rings. The molecule has 0 amide bonds. The van der Waals surface area contributed by atoms with E-state index in [1.165, 1.54) is 0 Å². The number of hydrogen-bond donors (Lipinski definition) is 2. The van der Waals surface area contributed by atoms with Gasteiger partial charge >= 0.3 is 0 Å². The SMILES string of the molecule is Cc1cc(Br)c(C(=O)c2cc(N)cc(N)c2)cc1Br. The fraction of sp³-hybridized carbons (Fsp3) is 0.0714. The van der Waals surface area contributed by atoms with Gasteiger partial charge in [0.15, 0.2) is 5.78 Å². The lowest BCUT2D eigenvalue weighted by Gasteiger charge is -2.08. The van der Waals surface area contributed by atoms with Crippen LogP contribution < -0.4 is 11.5 Å². The molecule has 0 saturated carbocycles. The van der Waals surface area contributed by atoms with Crippen LogP contribution in [0.25, 0.3) is 0 Å². The molecule has 0 aliphatic heterocycles. The minimum Gasteiger partial charge on any atom is -0.399 e. The van der Waals surface area contributed by atoms with Crippen molar-refractivity contribution in [3.05, 3.63) is 56.0 Å². The van der Waals surface area contributed by atoms with E-state index in [0.29, 0.717) is 22.5 Å². The number of halogens is 2. The second-order valence-corrected chi connectivity index (χ2v) is 6.01. The predicted octanol–water partition coefficient (Wildman–Crippen LogP) is 3.92. The minimum atomic E-state index is -0.119. The van der Waals surface area contributed by atoms with Gasteiger partial charge in [0.1, 0.15) is 0 Å². The van der Waals surface area contributed by atoms with Crippen LogP contribution >= 0.6 is 31.9 Å². The van der Waals surface area contributed by atoms with Gasteiger partial charge in [-0.15, -0.1) is 0 Å². The molecule has 0 fully saturated rings. The molecule has 0 atom stereocenters. The maximum Gasteiger partial charge on any atom is 0.194 e.